The van der Waals surface area contributed by atoms with Crippen LogP contribution in [0.4, 0.5) is 14.9 Å². The maximum atomic E-state index is 13.9. The molecular formula is C17H20FN3O2. The van der Waals surface area contributed by atoms with Crippen LogP contribution in [0.15, 0.2) is 36.4 Å². The Balaban J connectivity index is 2.29. The molecule has 0 bridgehead atoms. The average Bonchev–Trinajstić information content (AvgIpc) is 2.55. The molecule has 4 N–H and O–H groups in total. The van der Waals surface area contributed by atoms with Gasteiger partial charge < -0.3 is 10.1 Å². The molecule has 0 saturated carbocycles. The second kappa shape index (κ2) is 7.60. The predicted molar refractivity (Wildman–Crippen MR) is 87.6 cm³/mol. The summed E-state index contributed by atoms with van der Waals surface area (Å²) in [6.07, 6.45) is 0.714. The molecule has 0 saturated heterocycles. The van der Waals surface area contributed by atoms with E-state index in [0.717, 1.165) is 11.1 Å². The Bertz CT molecular complexity index is 684. The first-order valence-electron chi connectivity index (χ1n) is 7.33. The molecule has 0 spiro atoms. The zero-order valence-corrected chi connectivity index (χ0v) is 13.2. The van der Waals surface area contributed by atoms with E-state index in [1.165, 1.54) is 6.07 Å². The first kappa shape index (κ1) is 16.8. The van der Waals surface area contributed by atoms with Gasteiger partial charge in [-0.25, -0.2) is 15.0 Å². The maximum absolute atomic E-state index is 13.9. The lowest BCUT2D eigenvalue weighted by atomic mass is 10.1. The Hall–Kier alpha value is -2.60. The van der Waals surface area contributed by atoms with E-state index in [1.807, 2.05) is 37.5 Å². The predicted octanol–water partition coefficient (Wildman–Crippen LogP) is 3.27. The molecule has 0 aliphatic heterocycles. The second-order valence-corrected chi connectivity index (χ2v) is 5.07. The third-order valence-electron chi connectivity index (χ3n) is 3.57. The first-order valence-corrected chi connectivity index (χ1v) is 7.33. The van der Waals surface area contributed by atoms with E-state index in [2.05, 4.69) is 5.32 Å². The van der Waals surface area contributed by atoms with Gasteiger partial charge in [-0.1, -0.05) is 31.2 Å². The van der Waals surface area contributed by atoms with Gasteiger partial charge in [0.2, 0.25) is 0 Å². The van der Waals surface area contributed by atoms with E-state index in [4.69, 9.17) is 10.6 Å². The molecule has 2 aromatic carbocycles. The Morgan fingerprint density at radius 3 is 2.65 bits per heavy atom. The summed E-state index contributed by atoms with van der Waals surface area (Å²) < 4.78 is 19.8. The third-order valence-corrected chi connectivity index (χ3v) is 3.57. The van der Waals surface area contributed by atoms with Crippen LogP contribution >= 0.6 is 0 Å². The molecule has 0 atom stereocenters. The summed E-state index contributed by atoms with van der Waals surface area (Å²) in [5.74, 6) is 5.30. The molecule has 2 aromatic rings. The number of rotatable bonds is 5. The van der Waals surface area contributed by atoms with Gasteiger partial charge in [-0.15, -0.1) is 0 Å². The highest BCUT2D eigenvalue weighted by Crippen LogP contribution is 2.31. The SMILES string of the molecule is CCc1cccc(NC(=O)NN)c1OCc1c(C)cccc1F. The number of carbonyl (C=O) groups is 1. The fourth-order valence-corrected chi connectivity index (χ4v) is 2.28. The largest absolute Gasteiger partial charge is 0.486 e. The number of carbonyl (C=O) groups excluding carboxylic acids is 1. The van der Waals surface area contributed by atoms with E-state index < -0.39 is 6.03 Å². The van der Waals surface area contributed by atoms with Crippen molar-refractivity contribution >= 4 is 11.7 Å². The van der Waals surface area contributed by atoms with Crippen molar-refractivity contribution in [3.8, 4) is 5.75 Å². The molecule has 0 aliphatic carbocycles. The number of aryl methyl sites for hydroxylation is 2. The number of anilines is 1. The van der Waals surface area contributed by atoms with Gasteiger partial charge in [0.1, 0.15) is 18.2 Å². The average molecular weight is 317 g/mol. The standard InChI is InChI=1S/C17H20FN3O2/c1-3-12-7-5-9-15(20-17(22)21-19)16(12)23-10-13-11(2)6-4-8-14(13)18/h4-9H,3,10,19H2,1-2H3,(H2,20,21,22). The number of nitrogens with one attached hydrogen (secondary N) is 2. The summed E-state index contributed by atoms with van der Waals surface area (Å²) in [5, 5.41) is 2.61. The molecule has 0 heterocycles. The molecule has 23 heavy (non-hydrogen) atoms. The zero-order valence-electron chi connectivity index (χ0n) is 13.2. The second-order valence-electron chi connectivity index (χ2n) is 5.07. The minimum atomic E-state index is -0.551. The number of ether oxygens (including phenoxy) is 1. The van der Waals surface area contributed by atoms with Crippen molar-refractivity contribution in [2.45, 2.75) is 26.9 Å². The zero-order chi connectivity index (χ0) is 16.8. The van der Waals surface area contributed by atoms with Gasteiger partial charge in [-0.2, -0.15) is 0 Å². The van der Waals surface area contributed by atoms with Gasteiger partial charge in [-0.05, 0) is 36.6 Å². The summed E-state index contributed by atoms with van der Waals surface area (Å²) in [4.78, 5) is 11.5. The number of benzene rings is 2. The molecule has 0 unspecified atom stereocenters. The number of nitrogens with two attached hydrogens (primary N) is 1. The van der Waals surface area contributed by atoms with E-state index in [0.29, 0.717) is 23.4 Å². The minimum Gasteiger partial charge on any atom is -0.486 e. The van der Waals surface area contributed by atoms with Crippen molar-refractivity contribution in [3.05, 3.63) is 58.9 Å². The van der Waals surface area contributed by atoms with Gasteiger partial charge in [0.15, 0.2) is 0 Å². The topological polar surface area (TPSA) is 76.4 Å². The summed E-state index contributed by atoms with van der Waals surface area (Å²) in [5.41, 5.74) is 4.71. The maximum Gasteiger partial charge on any atom is 0.333 e. The van der Waals surface area contributed by atoms with Crippen molar-refractivity contribution in [1.82, 2.24) is 5.43 Å². The number of hydrazine groups is 1. The van der Waals surface area contributed by atoms with E-state index in [-0.39, 0.29) is 12.4 Å². The molecule has 0 radical (unpaired) electrons. The smallest absolute Gasteiger partial charge is 0.333 e. The number of halogens is 1. The number of urea groups is 1. The van der Waals surface area contributed by atoms with Gasteiger partial charge in [-0.3, -0.25) is 5.43 Å². The van der Waals surface area contributed by atoms with Crippen LogP contribution < -0.4 is 21.3 Å². The van der Waals surface area contributed by atoms with Crippen molar-refractivity contribution < 1.29 is 13.9 Å². The quantitative estimate of drug-likeness (QED) is 0.450. The highest BCUT2D eigenvalue weighted by atomic mass is 19.1. The summed E-state index contributed by atoms with van der Waals surface area (Å²) in [6.45, 7) is 3.88. The summed E-state index contributed by atoms with van der Waals surface area (Å²) in [6, 6.07) is 9.75. The fraction of sp³-hybridized carbons (Fsp3) is 0.235. The Kier molecular flexibility index (Phi) is 5.54. The van der Waals surface area contributed by atoms with Crippen LogP contribution in [-0.2, 0) is 13.0 Å². The number of para-hydroxylation sites is 1. The van der Waals surface area contributed by atoms with Crippen molar-refractivity contribution in [2.75, 3.05) is 5.32 Å². The molecule has 0 aromatic heterocycles. The summed E-state index contributed by atoms with van der Waals surface area (Å²) in [7, 11) is 0. The lowest BCUT2D eigenvalue weighted by molar-refractivity contribution is 0.252. The van der Waals surface area contributed by atoms with Gasteiger partial charge >= 0.3 is 6.03 Å². The monoisotopic (exact) mass is 317 g/mol. The van der Waals surface area contributed by atoms with E-state index >= 15 is 0 Å². The fourth-order valence-electron chi connectivity index (χ4n) is 2.28. The van der Waals surface area contributed by atoms with Gasteiger partial charge in [0.25, 0.3) is 0 Å². The lowest BCUT2D eigenvalue weighted by Gasteiger charge is -2.17. The van der Waals surface area contributed by atoms with Crippen LogP contribution in [0.5, 0.6) is 5.75 Å². The van der Waals surface area contributed by atoms with Gasteiger partial charge in [0.05, 0.1) is 5.69 Å². The Morgan fingerprint density at radius 1 is 1.26 bits per heavy atom. The number of hydrogen-bond acceptors (Lipinski definition) is 3. The molecule has 2 amide bonds. The molecule has 5 nitrogen and oxygen atoms in total. The number of hydrogen-bond donors (Lipinski definition) is 3. The molecule has 0 fully saturated rings. The molecular weight excluding hydrogens is 297 g/mol. The summed E-state index contributed by atoms with van der Waals surface area (Å²) >= 11 is 0. The molecule has 6 heteroatoms. The van der Waals surface area contributed by atoms with Gasteiger partial charge in [0, 0.05) is 5.56 Å². The highest BCUT2D eigenvalue weighted by molar-refractivity contribution is 5.90. The van der Waals surface area contributed by atoms with Crippen LogP contribution in [-0.4, -0.2) is 6.03 Å². The molecule has 122 valence electrons. The first-order chi connectivity index (χ1) is 11.1. The number of amides is 2. The van der Waals surface area contributed by atoms with Crippen LogP contribution in [0.1, 0.15) is 23.6 Å². The van der Waals surface area contributed by atoms with Crippen molar-refractivity contribution in [2.24, 2.45) is 5.84 Å². The van der Waals surface area contributed by atoms with E-state index in [1.54, 1.807) is 12.1 Å². The normalized spacial score (nSPS) is 10.3. The highest BCUT2D eigenvalue weighted by Gasteiger charge is 2.13. The van der Waals surface area contributed by atoms with Crippen LogP contribution in [0, 0.1) is 12.7 Å². The van der Waals surface area contributed by atoms with Crippen LogP contribution in [0.3, 0.4) is 0 Å². The van der Waals surface area contributed by atoms with Crippen molar-refractivity contribution in [1.29, 1.82) is 0 Å². The minimum absolute atomic E-state index is 0.0778. The molecule has 2 rings (SSSR count). The third kappa shape index (κ3) is 3.98. The van der Waals surface area contributed by atoms with Crippen LogP contribution in [0.25, 0.3) is 0 Å². The lowest BCUT2D eigenvalue weighted by Crippen LogP contribution is -2.34. The Labute approximate surface area is 134 Å². The van der Waals surface area contributed by atoms with Crippen molar-refractivity contribution in [3.63, 3.8) is 0 Å². The van der Waals surface area contributed by atoms with Crippen LogP contribution in [0.2, 0.25) is 0 Å². The Morgan fingerprint density at radius 2 is 2.00 bits per heavy atom. The molecule has 0 aliphatic rings. The van der Waals surface area contributed by atoms with E-state index in [9.17, 15) is 9.18 Å².